The first-order valence-electron chi connectivity index (χ1n) is 9.37. The molecule has 0 aliphatic carbocycles. The quantitative estimate of drug-likeness (QED) is 0.786. The number of rotatable bonds is 3. The van der Waals surface area contributed by atoms with Crippen LogP contribution >= 0.6 is 11.3 Å². The molecule has 1 spiro atoms. The smallest absolute Gasteiger partial charge is 0.475 e. The zero-order chi connectivity index (χ0) is 21.9. The SMILES string of the molecule is Cc1nc(CN2CCC3(CC(=O)N(c4ccccc4)C3)C2)cs1.O=C(O)C(F)(F)F. The second-order valence-electron chi connectivity index (χ2n) is 7.61. The molecule has 1 atom stereocenters. The maximum atomic E-state index is 12.5. The summed E-state index contributed by atoms with van der Waals surface area (Å²) in [6.45, 7) is 5.87. The molecule has 0 radical (unpaired) electrons. The summed E-state index contributed by atoms with van der Waals surface area (Å²) in [5, 5.41) is 10.4. The van der Waals surface area contributed by atoms with Crippen molar-refractivity contribution in [3.63, 3.8) is 0 Å². The molecule has 1 unspecified atom stereocenters. The van der Waals surface area contributed by atoms with E-state index in [1.165, 1.54) is 0 Å². The Morgan fingerprint density at radius 1 is 1.27 bits per heavy atom. The third-order valence-electron chi connectivity index (χ3n) is 5.20. The van der Waals surface area contributed by atoms with Gasteiger partial charge in [0.2, 0.25) is 5.91 Å². The van der Waals surface area contributed by atoms with E-state index in [9.17, 15) is 18.0 Å². The number of hydrogen-bond acceptors (Lipinski definition) is 5. The number of alkyl halides is 3. The standard InChI is InChI=1S/C18H21N3OS.C2HF3O2/c1-14-19-15(11-23-14)10-20-8-7-18(12-20)9-17(22)21(13-18)16-5-3-2-4-6-16;3-2(4,5)1(6)7/h2-6,11H,7-10,12-13H2,1H3;(H,6,7). The molecule has 2 saturated heterocycles. The molecule has 30 heavy (non-hydrogen) atoms. The van der Waals surface area contributed by atoms with Crippen molar-refractivity contribution in [1.29, 1.82) is 0 Å². The van der Waals surface area contributed by atoms with E-state index >= 15 is 0 Å². The van der Waals surface area contributed by atoms with Gasteiger partial charge in [-0.3, -0.25) is 9.69 Å². The molecule has 0 bridgehead atoms. The highest BCUT2D eigenvalue weighted by molar-refractivity contribution is 7.09. The highest BCUT2D eigenvalue weighted by atomic mass is 32.1. The fraction of sp³-hybridized carbons (Fsp3) is 0.450. The average Bonchev–Trinajstić information content (AvgIpc) is 3.35. The number of hydrogen-bond donors (Lipinski definition) is 1. The number of thiazole rings is 1. The van der Waals surface area contributed by atoms with Crippen molar-refractivity contribution in [2.24, 2.45) is 5.41 Å². The number of aryl methyl sites for hydroxylation is 1. The second-order valence-corrected chi connectivity index (χ2v) is 8.68. The normalized spacial score (nSPS) is 21.7. The number of aromatic nitrogens is 1. The number of carbonyl (C=O) groups excluding carboxylic acids is 1. The van der Waals surface area contributed by atoms with Gasteiger partial charge in [-0.05, 0) is 32.0 Å². The fourth-order valence-corrected chi connectivity index (χ4v) is 4.49. The number of aliphatic carboxylic acids is 1. The summed E-state index contributed by atoms with van der Waals surface area (Å²) in [4.78, 5) is 30.4. The molecule has 1 aromatic carbocycles. The summed E-state index contributed by atoms with van der Waals surface area (Å²) in [6, 6.07) is 10.1. The summed E-state index contributed by atoms with van der Waals surface area (Å²) < 4.78 is 31.7. The monoisotopic (exact) mass is 441 g/mol. The van der Waals surface area contributed by atoms with E-state index in [0.29, 0.717) is 6.42 Å². The molecule has 1 aromatic heterocycles. The topological polar surface area (TPSA) is 73.7 Å². The zero-order valence-electron chi connectivity index (χ0n) is 16.4. The minimum absolute atomic E-state index is 0.123. The van der Waals surface area contributed by atoms with Crippen LogP contribution in [-0.2, 0) is 16.1 Å². The Labute approximate surface area is 175 Å². The van der Waals surface area contributed by atoms with Crippen molar-refractivity contribution in [3.05, 3.63) is 46.4 Å². The molecule has 2 aliphatic rings. The lowest BCUT2D eigenvalue weighted by Gasteiger charge is -2.24. The Morgan fingerprint density at radius 2 is 1.93 bits per heavy atom. The van der Waals surface area contributed by atoms with Crippen LogP contribution in [0.5, 0.6) is 0 Å². The highest BCUT2D eigenvalue weighted by Crippen LogP contribution is 2.42. The molecular formula is C20H22F3N3O3S. The molecule has 4 rings (SSSR count). The third-order valence-corrected chi connectivity index (χ3v) is 6.02. The number of para-hydroxylation sites is 1. The number of carbonyl (C=O) groups is 2. The van der Waals surface area contributed by atoms with Gasteiger partial charge in [0, 0.05) is 42.5 Å². The molecule has 0 saturated carbocycles. The lowest BCUT2D eigenvalue weighted by atomic mass is 9.86. The number of benzene rings is 1. The predicted octanol–water partition coefficient (Wildman–Crippen LogP) is 3.71. The van der Waals surface area contributed by atoms with Gasteiger partial charge in [0.15, 0.2) is 0 Å². The van der Waals surface area contributed by atoms with Crippen molar-refractivity contribution in [1.82, 2.24) is 9.88 Å². The molecule has 3 heterocycles. The molecule has 2 fully saturated rings. The van der Waals surface area contributed by atoms with Gasteiger partial charge in [-0.1, -0.05) is 18.2 Å². The Balaban J connectivity index is 0.000000318. The lowest BCUT2D eigenvalue weighted by molar-refractivity contribution is -0.192. The Morgan fingerprint density at radius 3 is 2.50 bits per heavy atom. The fourth-order valence-electron chi connectivity index (χ4n) is 3.88. The molecule has 6 nitrogen and oxygen atoms in total. The first kappa shape index (κ1) is 22.2. The van der Waals surface area contributed by atoms with Crippen molar-refractivity contribution in [2.45, 2.75) is 32.5 Å². The van der Waals surface area contributed by atoms with E-state index in [0.717, 1.165) is 49.0 Å². The van der Waals surface area contributed by atoms with E-state index in [-0.39, 0.29) is 11.3 Å². The van der Waals surface area contributed by atoms with E-state index < -0.39 is 12.1 Å². The first-order valence-corrected chi connectivity index (χ1v) is 10.2. The van der Waals surface area contributed by atoms with Gasteiger partial charge in [0.1, 0.15) is 0 Å². The number of halogens is 3. The number of carboxylic acids is 1. The van der Waals surface area contributed by atoms with E-state index in [4.69, 9.17) is 9.90 Å². The first-order chi connectivity index (χ1) is 14.1. The second kappa shape index (κ2) is 8.73. The minimum Gasteiger partial charge on any atom is -0.475 e. The molecule has 162 valence electrons. The van der Waals surface area contributed by atoms with Crippen LogP contribution in [0.3, 0.4) is 0 Å². The molecule has 10 heteroatoms. The number of likely N-dealkylation sites (tertiary alicyclic amines) is 1. The molecule has 1 amide bonds. The van der Waals surface area contributed by atoms with Gasteiger partial charge in [0.25, 0.3) is 0 Å². The van der Waals surface area contributed by atoms with Crippen molar-refractivity contribution >= 4 is 28.9 Å². The Kier molecular flexibility index (Phi) is 6.47. The maximum absolute atomic E-state index is 12.5. The predicted molar refractivity (Wildman–Crippen MR) is 106 cm³/mol. The van der Waals surface area contributed by atoms with Crippen LogP contribution in [0.2, 0.25) is 0 Å². The van der Waals surface area contributed by atoms with Crippen LogP contribution in [0.15, 0.2) is 35.7 Å². The lowest BCUT2D eigenvalue weighted by Crippen LogP contribution is -2.31. The van der Waals surface area contributed by atoms with Gasteiger partial charge in [-0.2, -0.15) is 13.2 Å². The van der Waals surface area contributed by atoms with E-state index in [2.05, 4.69) is 15.3 Å². The molecule has 2 aliphatic heterocycles. The summed E-state index contributed by atoms with van der Waals surface area (Å²) >= 11 is 1.71. The van der Waals surface area contributed by atoms with Crippen LogP contribution in [-0.4, -0.2) is 52.7 Å². The largest absolute Gasteiger partial charge is 0.490 e. The summed E-state index contributed by atoms with van der Waals surface area (Å²) in [5.41, 5.74) is 2.31. The van der Waals surface area contributed by atoms with Crippen LogP contribution in [0, 0.1) is 12.3 Å². The highest BCUT2D eigenvalue weighted by Gasteiger charge is 2.47. The van der Waals surface area contributed by atoms with E-state index in [1.54, 1.807) is 11.3 Å². The number of amides is 1. The van der Waals surface area contributed by atoms with Gasteiger partial charge >= 0.3 is 12.1 Å². The average molecular weight is 441 g/mol. The van der Waals surface area contributed by atoms with Crippen molar-refractivity contribution in [2.75, 3.05) is 24.5 Å². The number of carboxylic acid groups (broad SMARTS) is 1. The minimum atomic E-state index is -5.08. The summed E-state index contributed by atoms with van der Waals surface area (Å²) in [5.74, 6) is -2.49. The van der Waals surface area contributed by atoms with Crippen LogP contribution in [0.4, 0.5) is 18.9 Å². The van der Waals surface area contributed by atoms with Crippen LogP contribution in [0.1, 0.15) is 23.5 Å². The van der Waals surface area contributed by atoms with E-state index in [1.807, 2.05) is 42.2 Å². The molecular weight excluding hydrogens is 419 g/mol. The molecule has 1 N–H and O–H groups in total. The maximum Gasteiger partial charge on any atom is 0.490 e. The molecule has 2 aromatic rings. The van der Waals surface area contributed by atoms with Gasteiger partial charge in [0.05, 0.1) is 10.7 Å². The summed E-state index contributed by atoms with van der Waals surface area (Å²) in [6.07, 6.45) is -3.31. The summed E-state index contributed by atoms with van der Waals surface area (Å²) in [7, 11) is 0. The third kappa shape index (κ3) is 5.37. The number of nitrogens with zero attached hydrogens (tertiary/aromatic N) is 3. The van der Waals surface area contributed by atoms with Gasteiger partial charge in [-0.25, -0.2) is 9.78 Å². The Bertz CT molecular complexity index is 903. The van der Waals surface area contributed by atoms with Gasteiger partial charge in [-0.15, -0.1) is 11.3 Å². The van der Waals surface area contributed by atoms with Crippen LogP contribution < -0.4 is 4.90 Å². The van der Waals surface area contributed by atoms with Crippen molar-refractivity contribution < 1.29 is 27.9 Å². The zero-order valence-corrected chi connectivity index (χ0v) is 17.2. The Hall–Kier alpha value is -2.46. The number of anilines is 1. The van der Waals surface area contributed by atoms with Gasteiger partial charge < -0.3 is 10.0 Å². The van der Waals surface area contributed by atoms with Crippen molar-refractivity contribution in [3.8, 4) is 0 Å². The van der Waals surface area contributed by atoms with Crippen LogP contribution in [0.25, 0.3) is 0 Å².